The van der Waals surface area contributed by atoms with Crippen LogP contribution in [0.15, 0.2) is 30.3 Å². The Labute approximate surface area is 167 Å². The zero-order valence-corrected chi connectivity index (χ0v) is 17.1. The van der Waals surface area contributed by atoms with Crippen LogP contribution in [0.25, 0.3) is 0 Å². The van der Waals surface area contributed by atoms with E-state index in [0.717, 1.165) is 24.0 Å². The molecule has 1 N–H and O–H groups in total. The monoisotopic (exact) mass is 383 g/mol. The second kappa shape index (κ2) is 9.00. The van der Waals surface area contributed by atoms with E-state index in [1.807, 2.05) is 19.1 Å². The van der Waals surface area contributed by atoms with Crippen molar-refractivity contribution >= 4 is 5.91 Å². The average molecular weight is 383 g/mol. The van der Waals surface area contributed by atoms with Crippen LogP contribution in [0.1, 0.15) is 48.1 Å². The van der Waals surface area contributed by atoms with Gasteiger partial charge in [-0.15, -0.1) is 0 Å². The fourth-order valence-electron chi connectivity index (χ4n) is 3.82. The molecule has 2 aromatic rings. The van der Waals surface area contributed by atoms with E-state index < -0.39 is 0 Å². The van der Waals surface area contributed by atoms with Crippen molar-refractivity contribution in [3.05, 3.63) is 52.6 Å². The third kappa shape index (κ3) is 4.41. The second-order valence-electron chi connectivity index (χ2n) is 7.23. The number of hydrogen-bond donors (Lipinski definition) is 1. The summed E-state index contributed by atoms with van der Waals surface area (Å²) in [4.78, 5) is 12.6. The molecule has 0 saturated carbocycles. The maximum Gasteiger partial charge on any atom is 0.224 e. The van der Waals surface area contributed by atoms with Gasteiger partial charge in [-0.1, -0.05) is 18.2 Å². The molecule has 150 valence electrons. The van der Waals surface area contributed by atoms with E-state index in [1.54, 1.807) is 21.3 Å². The summed E-state index contributed by atoms with van der Waals surface area (Å²) in [5.41, 5.74) is 4.84. The smallest absolute Gasteiger partial charge is 0.224 e. The van der Waals surface area contributed by atoms with Crippen LogP contribution in [-0.2, 0) is 24.1 Å². The van der Waals surface area contributed by atoms with E-state index in [1.165, 1.54) is 24.0 Å². The molecule has 0 fully saturated rings. The molecule has 1 aliphatic carbocycles. The first-order valence-corrected chi connectivity index (χ1v) is 9.75. The van der Waals surface area contributed by atoms with E-state index in [9.17, 15) is 4.79 Å². The van der Waals surface area contributed by atoms with Gasteiger partial charge in [-0.05, 0) is 67.0 Å². The zero-order valence-electron chi connectivity index (χ0n) is 17.1. The highest BCUT2D eigenvalue weighted by Crippen LogP contribution is 2.38. The summed E-state index contributed by atoms with van der Waals surface area (Å²) in [5, 5.41) is 3.10. The first kappa shape index (κ1) is 20.1. The molecule has 0 unspecified atom stereocenters. The van der Waals surface area contributed by atoms with Gasteiger partial charge in [0.25, 0.3) is 0 Å². The lowest BCUT2D eigenvalue weighted by Crippen LogP contribution is -2.28. The maximum absolute atomic E-state index is 12.6. The predicted octanol–water partition coefficient (Wildman–Crippen LogP) is 4.01. The number of methoxy groups -OCH3 is 3. The van der Waals surface area contributed by atoms with E-state index in [4.69, 9.17) is 14.2 Å². The summed E-state index contributed by atoms with van der Waals surface area (Å²) in [5.74, 6) is 1.58. The van der Waals surface area contributed by atoms with Gasteiger partial charge in [-0.25, -0.2) is 0 Å². The molecular formula is C23H29NO4. The van der Waals surface area contributed by atoms with Crippen LogP contribution >= 0.6 is 0 Å². The molecule has 28 heavy (non-hydrogen) atoms. The van der Waals surface area contributed by atoms with Crippen molar-refractivity contribution in [2.24, 2.45) is 0 Å². The summed E-state index contributed by atoms with van der Waals surface area (Å²) in [6, 6.07) is 10.2. The van der Waals surface area contributed by atoms with Crippen molar-refractivity contribution in [2.45, 2.75) is 45.1 Å². The molecular weight excluding hydrogens is 354 g/mol. The van der Waals surface area contributed by atoms with E-state index >= 15 is 0 Å². The molecule has 5 nitrogen and oxygen atoms in total. The van der Waals surface area contributed by atoms with Crippen molar-refractivity contribution in [3.63, 3.8) is 0 Å². The molecule has 0 heterocycles. The Morgan fingerprint density at radius 2 is 1.61 bits per heavy atom. The molecule has 0 saturated heterocycles. The summed E-state index contributed by atoms with van der Waals surface area (Å²) in [7, 11) is 4.70. The summed E-state index contributed by atoms with van der Waals surface area (Å²) in [6.07, 6.45) is 5.06. The summed E-state index contributed by atoms with van der Waals surface area (Å²) >= 11 is 0. The molecule has 1 aliphatic rings. The van der Waals surface area contributed by atoms with Crippen LogP contribution in [0.3, 0.4) is 0 Å². The standard InChI is InChI=1S/C23H29NO4/c1-15(18-10-9-17-7-5-6-8-19(17)14-18)24-22(25)13-16-11-20(26-2)23(28-4)21(12-16)27-3/h9-12,14-15H,5-8,13H2,1-4H3,(H,24,25)/t15-/m1/s1. The Kier molecular flexibility index (Phi) is 6.45. The minimum Gasteiger partial charge on any atom is -0.493 e. The van der Waals surface area contributed by atoms with Gasteiger partial charge >= 0.3 is 0 Å². The van der Waals surface area contributed by atoms with Gasteiger partial charge in [-0.2, -0.15) is 0 Å². The highest BCUT2D eigenvalue weighted by molar-refractivity contribution is 5.79. The number of rotatable bonds is 7. The minimum atomic E-state index is -0.0421. The van der Waals surface area contributed by atoms with Crippen LogP contribution in [0.2, 0.25) is 0 Å². The number of ether oxygens (including phenoxy) is 3. The fourth-order valence-corrected chi connectivity index (χ4v) is 3.82. The predicted molar refractivity (Wildman–Crippen MR) is 109 cm³/mol. The largest absolute Gasteiger partial charge is 0.493 e. The lowest BCUT2D eigenvalue weighted by atomic mass is 9.89. The number of hydrogen-bond acceptors (Lipinski definition) is 4. The fraction of sp³-hybridized carbons (Fsp3) is 0.435. The Hall–Kier alpha value is -2.69. The average Bonchev–Trinajstić information content (AvgIpc) is 2.72. The Balaban J connectivity index is 1.70. The zero-order chi connectivity index (χ0) is 20.1. The molecule has 0 radical (unpaired) electrons. The molecule has 1 amide bonds. The van der Waals surface area contributed by atoms with Gasteiger partial charge in [-0.3, -0.25) is 4.79 Å². The van der Waals surface area contributed by atoms with Gasteiger partial charge < -0.3 is 19.5 Å². The summed E-state index contributed by atoms with van der Waals surface area (Å²) in [6.45, 7) is 2.03. The van der Waals surface area contributed by atoms with Gasteiger partial charge in [0.2, 0.25) is 11.7 Å². The van der Waals surface area contributed by atoms with Crippen LogP contribution in [0, 0.1) is 0 Å². The highest BCUT2D eigenvalue weighted by Gasteiger charge is 2.17. The topological polar surface area (TPSA) is 56.8 Å². The number of fused-ring (bicyclic) bond motifs is 1. The number of benzene rings is 2. The Morgan fingerprint density at radius 1 is 0.964 bits per heavy atom. The first-order valence-electron chi connectivity index (χ1n) is 9.75. The van der Waals surface area contributed by atoms with Crippen LogP contribution in [-0.4, -0.2) is 27.2 Å². The first-order chi connectivity index (χ1) is 13.5. The normalized spacial score (nSPS) is 14.0. The van der Waals surface area contributed by atoms with Crippen molar-refractivity contribution in [3.8, 4) is 17.2 Å². The van der Waals surface area contributed by atoms with Gasteiger partial charge in [0.1, 0.15) is 0 Å². The van der Waals surface area contributed by atoms with Crippen molar-refractivity contribution in [2.75, 3.05) is 21.3 Å². The van der Waals surface area contributed by atoms with Gasteiger partial charge in [0, 0.05) is 0 Å². The quantitative estimate of drug-likeness (QED) is 0.785. The third-order valence-electron chi connectivity index (χ3n) is 5.34. The van der Waals surface area contributed by atoms with E-state index in [-0.39, 0.29) is 18.4 Å². The highest BCUT2D eigenvalue weighted by atomic mass is 16.5. The number of amides is 1. The molecule has 0 spiro atoms. The second-order valence-corrected chi connectivity index (χ2v) is 7.23. The van der Waals surface area contributed by atoms with E-state index in [0.29, 0.717) is 17.2 Å². The lowest BCUT2D eigenvalue weighted by Gasteiger charge is -2.20. The Morgan fingerprint density at radius 3 is 2.21 bits per heavy atom. The molecule has 0 aliphatic heterocycles. The number of carbonyl (C=O) groups excluding carboxylic acids is 1. The van der Waals surface area contributed by atoms with Gasteiger partial charge in [0.05, 0.1) is 33.8 Å². The number of carbonyl (C=O) groups is 1. The minimum absolute atomic E-state index is 0.0400. The van der Waals surface area contributed by atoms with Crippen LogP contribution in [0.5, 0.6) is 17.2 Å². The molecule has 1 atom stereocenters. The third-order valence-corrected chi connectivity index (χ3v) is 5.34. The molecule has 3 rings (SSSR count). The molecule has 5 heteroatoms. The molecule has 0 aromatic heterocycles. The van der Waals surface area contributed by atoms with Crippen molar-refractivity contribution in [1.82, 2.24) is 5.32 Å². The van der Waals surface area contributed by atoms with Crippen molar-refractivity contribution < 1.29 is 19.0 Å². The number of aryl methyl sites for hydroxylation is 2. The van der Waals surface area contributed by atoms with Crippen LogP contribution in [0.4, 0.5) is 0 Å². The SMILES string of the molecule is COc1cc(CC(=O)N[C@H](C)c2ccc3c(c2)CCCC3)cc(OC)c1OC. The molecule has 2 aromatic carbocycles. The van der Waals surface area contributed by atoms with Gasteiger partial charge in [0.15, 0.2) is 11.5 Å². The lowest BCUT2D eigenvalue weighted by molar-refractivity contribution is -0.121. The van der Waals surface area contributed by atoms with Crippen LogP contribution < -0.4 is 19.5 Å². The number of nitrogens with one attached hydrogen (secondary N) is 1. The van der Waals surface area contributed by atoms with E-state index in [2.05, 4.69) is 23.5 Å². The van der Waals surface area contributed by atoms with Crippen molar-refractivity contribution in [1.29, 1.82) is 0 Å². The Bertz CT molecular complexity index is 821. The summed E-state index contributed by atoms with van der Waals surface area (Å²) < 4.78 is 16.1. The molecule has 0 bridgehead atoms. The maximum atomic E-state index is 12.6.